The van der Waals surface area contributed by atoms with Crippen LogP contribution in [0.15, 0.2) is 18.2 Å². The molecule has 2 amide bonds. The van der Waals surface area contributed by atoms with Crippen molar-refractivity contribution in [2.24, 2.45) is 0 Å². The second-order valence-corrected chi connectivity index (χ2v) is 6.28. The molecule has 0 saturated heterocycles. The van der Waals surface area contributed by atoms with Gasteiger partial charge in [-0.15, -0.1) is 0 Å². The number of urea groups is 1. The van der Waals surface area contributed by atoms with Crippen LogP contribution in [0.25, 0.3) is 0 Å². The summed E-state index contributed by atoms with van der Waals surface area (Å²) in [4.78, 5) is 22.6. The molecule has 0 spiro atoms. The number of carboxylic acids is 1. The third-order valence-electron chi connectivity index (χ3n) is 2.85. The number of hydrogen-bond acceptors (Lipinski definition) is 3. The zero-order valence-electron chi connectivity index (χ0n) is 11.6. The van der Waals surface area contributed by atoms with Gasteiger partial charge in [-0.05, 0) is 31.5 Å². The van der Waals surface area contributed by atoms with Crippen LogP contribution in [-0.2, 0) is 10.8 Å². The van der Waals surface area contributed by atoms with Gasteiger partial charge in [-0.3, -0.25) is 4.21 Å². The minimum absolute atomic E-state index is 0.105. The molecule has 0 aliphatic heterocycles. The Balaban J connectivity index is 2.68. The molecule has 1 aromatic rings. The molecule has 0 saturated carbocycles. The van der Waals surface area contributed by atoms with Crippen molar-refractivity contribution in [2.45, 2.75) is 19.1 Å². The van der Waals surface area contributed by atoms with Crippen molar-refractivity contribution in [3.63, 3.8) is 0 Å². The molecule has 1 rings (SSSR count). The standard InChI is InChI=1S/C13H18N2O4S/c1-8-4-5-10(12(16)17)6-11(8)15-13(18)14-7-9(2)20(3)19/h4-6,9H,7H2,1-3H3,(H,16,17)(H2,14,15,18). The quantitative estimate of drug-likeness (QED) is 0.769. The number of carbonyl (C=O) groups is 2. The lowest BCUT2D eigenvalue weighted by molar-refractivity contribution is 0.0697. The van der Waals surface area contributed by atoms with Crippen molar-refractivity contribution in [3.05, 3.63) is 29.3 Å². The maximum absolute atomic E-state index is 11.7. The molecule has 2 unspecified atom stereocenters. The fraction of sp³-hybridized carbons (Fsp3) is 0.385. The van der Waals surface area contributed by atoms with E-state index in [1.807, 2.05) is 0 Å². The Hall–Kier alpha value is -1.89. The predicted molar refractivity (Wildman–Crippen MR) is 78.7 cm³/mol. The number of nitrogens with one attached hydrogen (secondary N) is 2. The molecule has 0 radical (unpaired) electrons. The summed E-state index contributed by atoms with van der Waals surface area (Å²) in [7, 11) is -1.01. The largest absolute Gasteiger partial charge is 0.478 e. The van der Waals surface area contributed by atoms with Crippen LogP contribution in [0.5, 0.6) is 0 Å². The summed E-state index contributed by atoms with van der Waals surface area (Å²) in [5.41, 5.74) is 1.30. The highest BCUT2D eigenvalue weighted by molar-refractivity contribution is 7.84. The minimum Gasteiger partial charge on any atom is -0.478 e. The highest BCUT2D eigenvalue weighted by atomic mass is 32.2. The summed E-state index contributed by atoms with van der Waals surface area (Å²) >= 11 is 0. The summed E-state index contributed by atoms with van der Waals surface area (Å²) in [6.07, 6.45) is 1.57. The number of rotatable bonds is 5. The topological polar surface area (TPSA) is 95.5 Å². The molecule has 2 atom stereocenters. The van der Waals surface area contributed by atoms with E-state index in [1.54, 1.807) is 26.2 Å². The Kier molecular flexibility index (Phi) is 5.69. The predicted octanol–water partition coefficient (Wildman–Crippen LogP) is 1.58. The van der Waals surface area contributed by atoms with E-state index in [4.69, 9.17) is 5.11 Å². The minimum atomic E-state index is -1.05. The number of aryl methyl sites for hydroxylation is 1. The molecular formula is C13H18N2O4S. The first-order chi connectivity index (χ1) is 9.31. The van der Waals surface area contributed by atoms with Gasteiger partial charge in [0.15, 0.2) is 0 Å². The Morgan fingerprint density at radius 1 is 1.40 bits per heavy atom. The Morgan fingerprint density at radius 3 is 2.60 bits per heavy atom. The second kappa shape index (κ2) is 7.04. The molecule has 0 aromatic heterocycles. The first-order valence-electron chi connectivity index (χ1n) is 6.02. The van der Waals surface area contributed by atoms with Gasteiger partial charge in [0, 0.05) is 34.5 Å². The van der Waals surface area contributed by atoms with Gasteiger partial charge in [0.1, 0.15) is 0 Å². The fourth-order valence-corrected chi connectivity index (χ4v) is 1.73. The zero-order chi connectivity index (χ0) is 15.3. The summed E-state index contributed by atoms with van der Waals surface area (Å²) in [5, 5.41) is 13.9. The van der Waals surface area contributed by atoms with Crippen molar-refractivity contribution in [3.8, 4) is 0 Å². The molecule has 0 aliphatic rings. The summed E-state index contributed by atoms with van der Waals surface area (Å²) in [5.74, 6) is -1.05. The lowest BCUT2D eigenvalue weighted by Crippen LogP contribution is -2.35. The van der Waals surface area contributed by atoms with Crippen LogP contribution in [0.2, 0.25) is 0 Å². The average molecular weight is 298 g/mol. The smallest absolute Gasteiger partial charge is 0.335 e. The highest BCUT2D eigenvalue weighted by Crippen LogP contribution is 2.16. The van der Waals surface area contributed by atoms with Gasteiger partial charge in [-0.1, -0.05) is 6.07 Å². The van der Waals surface area contributed by atoms with Crippen LogP contribution < -0.4 is 10.6 Å². The maximum atomic E-state index is 11.7. The molecule has 3 N–H and O–H groups in total. The maximum Gasteiger partial charge on any atom is 0.335 e. The Bertz CT molecular complexity index is 545. The molecule has 0 heterocycles. The number of benzene rings is 1. The van der Waals surface area contributed by atoms with Crippen molar-refractivity contribution in [1.82, 2.24) is 5.32 Å². The zero-order valence-corrected chi connectivity index (χ0v) is 12.4. The van der Waals surface area contributed by atoms with E-state index in [1.165, 1.54) is 12.1 Å². The molecule has 0 bridgehead atoms. The summed E-state index contributed by atoms with van der Waals surface area (Å²) in [6.45, 7) is 3.82. The molecule has 0 aliphatic carbocycles. The highest BCUT2D eigenvalue weighted by Gasteiger charge is 2.11. The normalized spacial score (nSPS) is 13.3. The third kappa shape index (κ3) is 4.65. The third-order valence-corrected chi connectivity index (χ3v) is 4.15. The lowest BCUT2D eigenvalue weighted by atomic mass is 10.1. The van der Waals surface area contributed by atoms with Gasteiger partial charge in [0.25, 0.3) is 0 Å². The van der Waals surface area contributed by atoms with E-state index < -0.39 is 22.8 Å². The van der Waals surface area contributed by atoms with Gasteiger partial charge in [0.05, 0.1) is 5.56 Å². The number of aromatic carboxylic acids is 1. The van der Waals surface area contributed by atoms with Crippen molar-refractivity contribution in [2.75, 3.05) is 18.1 Å². The molecule has 6 nitrogen and oxygen atoms in total. The second-order valence-electron chi connectivity index (χ2n) is 4.48. The van der Waals surface area contributed by atoms with Crippen molar-refractivity contribution < 1.29 is 18.9 Å². The van der Waals surface area contributed by atoms with E-state index in [-0.39, 0.29) is 17.4 Å². The summed E-state index contributed by atoms with van der Waals surface area (Å²) < 4.78 is 11.2. The summed E-state index contributed by atoms with van der Waals surface area (Å²) in [6, 6.07) is 4.05. The van der Waals surface area contributed by atoms with E-state index in [0.29, 0.717) is 5.69 Å². The van der Waals surface area contributed by atoms with Crippen LogP contribution in [-0.4, -0.2) is 39.4 Å². The number of amides is 2. The molecule has 0 fully saturated rings. The van der Waals surface area contributed by atoms with Crippen LogP contribution in [0.1, 0.15) is 22.8 Å². The molecule has 1 aromatic carbocycles. The van der Waals surface area contributed by atoms with Crippen LogP contribution >= 0.6 is 0 Å². The molecule has 110 valence electrons. The lowest BCUT2D eigenvalue weighted by Gasteiger charge is -2.12. The van der Waals surface area contributed by atoms with E-state index in [9.17, 15) is 13.8 Å². The van der Waals surface area contributed by atoms with Crippen LogP contribution in [0.4, 0.5) is 10.5 Å². The van der Waals surface area contributed by atoms with Crippen molar-refractivity contribution in [1.29, 1.82) is 0 Å². The average Bonchev–Trinajstić information content (AvgIpc) is 2.38. The Labute approximate surface area is 120 Å². The molecule has 7 heteroatoms. The number of carboxylic acid groups (broad SMARTS) is 1. The van der Waals surface area contributed by atoms with Gasteiger partial charge < -0.3 is 15.7 Å². The van der Waals surface area contributed by atoms with E-state index in [2.05, 4.69) is 10.6 Å². The van der Waals surface area contributed by atoms with E-state index in [0.717, 1.165) is 5.56 Å². The van der Waals surface area contributed by atoms with Crippen LogP contribution in [0.3, 0.4) is 0 Å². The number of carbonyl (C=O) groups excluding carboxylic acids is 1. The van der Waals surface area contributed by atoms with Gasteiger partial charge in [-0.25, -0.2) is 9.59 Å². The van der Waals surface area contributed by atoms with Crippen LogP contribution in [0, 0.1) is 6.92 Å². The SMILES string of the molecule is Cc1ccc(C(=O)O)cc1NC(=O)NCC(C)S(C)=O. The first kappa shape index (κ1) is 16.2. The van der Waals surface area contributed by atoms with Crippen molar-refractivity contribution >= 4 is 28.5 Å². The molecular weight excluding hydrogens is 280 g/mol. The van der Waals surface area contributed by atoms with Gasteiger partial charge in [-0.2, -0.15) is 0 Å². The Morgan fingerprint density at radius 2 is 2.05 bits per heavy atom. The molecule has 20 heavy (non-hydrogen) atoms. The number of hydrogen-bond donors (Lipinski definition) is 3. The fourth-order valence-electron chi connectivity index (χ4n) is 1.41. The monoisotopic (exact) mass is 298 g/mol. The van der Waals surface area contributed by atoms with Gasteiger partial charge >= 0.3 is 12.0 Å². The number of anilines is 1. The first-order valence-corrected chi connectivity index (χ1v) is 7.64. The van der Waals surface area contributed by atoms with Gasteiger partial charge in [0.2, 0.25) is 0 Å². The van der Waals surface area contributed by atoms with E-state index >= 15 is 0 Å².